The molecule has 5 N–H and O–H groups in total. The molecule has 0 fully saturated rings. The van der Waals surface area contributed by atoms with Crippen LogP contribution in [0.5, 0.6) is 0 Å². The van der Waals surface area contributed by atoms with Crippen molar-refractivity contribution in [2.45, 2.75) is 38.6 Å². The first-order valence-corrected chi connectivity index (χ1v) is 9.86. The van der Waals surface area contributed by atoms with Crippen molar-refractivity contribution in [1.82, 2.24) is 16.1 Å². The average molecular weight is 443 g/mol. The predicted octanol–water partition coefficient (Wildman–Crippen LogP) is 2.73. The van der Waals surface area contributed by atoms with Gasteiger partial charge in [0.15, 0.2) is 0 Å². The summed E-state index contributed by atoms with van der Waals surface area (Å²) in [4.78, 5) is 24.3. The molecule has 0 aliphatic rings. The number of rotatable bonds is 9. The van der Waals surface area contributed by atoms with Gasteiger partial charge in [-0.2, -0.15) is 5.10 Å². The molecule has 170 valence electrons. The lowest BCUT2D eigenvalue weighted by Gasteiger charge is -2.20. The predicted molar refractivity (Wildman–Crippen MR) is 120 cm³/mol. The number of hydrogen-bond acceptors (Lipinski definition) is 5. The van der Waals surface area contributed by atoms with Gasteiger partial charge in [-0.15, -0.1) is 0 Å². The van der Waals surface area contributed by atoms with Gasteiger partial charge in [0, 0.05) is 23.4 Å². The van der Waals surface area contributed by atoms with Crippen LogP contribution in [0.2, 0.25) is 0 Å². The molecule has 0 unspecified atom stereocenters. The van der Waals surface area contributed by atoms with Crippen molar-refractivity contribution in [1.29, 1.82) is 0 Å². The maximum atomic E-state index is 13.2. The molecular weight excluding hydrogens is 416 g/mol. The molecule has 0 aromatic heterocycles. The summed E-state index contributed by atoms with van der Waals surface area (Å²) < 4.78 is 26.5. The molecule has 0 aliphatic heterocycles. The molecule has 0 aliphatic carbocycles. The van der Waals surface area contributed by atoms with Crippen LogP contribution in [-0.2, 0) is 21.4 Å². The molecule has 0 saturated carbocycles. The van der Waals surface area contributed by atoms with Crippen LogP contribution in [0.15, 0.2) is 60.0 Å². The molecule has 2 aromatic rings. The number of carbonyl (C=O) groups excluding carboxylic acids is 2. The minimum Gasteiger partial charge on any atom is -0.399 e. The Hall–Kier alpha value is -3.75. The minimum absolute atomic E-state index is 0.118. The van der Waals surface area contributed by atoms with Gasteiger partial charge in [0.05, 0.1) is 6.42 Å². The number of carbonyl (C=O) groups is 2. The fourth-order valence-corrected chi connectivity index (χ4v) is 2.80. The van der Waals surface area contributed by atoms with E-state index in [1.165, 1.54) is 6.92 Å². The van der Waals surface area contributed by atoms with E-state index in [1.807, 2.05) is 26.0 Å². The highest BCUT2D eigenvalue weighted by Gasteiger charge is 2.19. The van der Waals surface area contributed by atoms with Crippen LogP contribution >= 0.6 is 0 Å². The van der Waals surface area contributed by atoms with Crippen LogP contribution in [0.4, 0.5) is 14.5 Å². The molecule has 32 heavy (non-hydrogen) atoms. The number of hydrogen-bond donors (Lipinski definition) is 4. The van der Waals surface area contributed by atoms with E-state index in [4.69, 9.17) is 5.73 Å². The SMILES string of the molecule is C=C(N/N=C/C(C)(C)c1ccc(N)cc1)NC(=O)[C@H](C)NC(=O)Cc1cc(F)cc(F)c1. The average Bonchev–Trinajstić information content (AvgIpc) is 2.67. The van der Waals surface area contributed by atoms with Crippen LogP contribution in [0.1, 0.15) is 31.9 Å². The fourth-order valence-electron chi connectivity index (χ4n) is 2.80. The summed E-state index contributed by atoms with van der Waals surface area (Å²) in [7, 11) is 0. The summed E-state index contributed by atoms with van der Waals surface area (Å²) in [5, 5.41) is 9.07. The van der Waals surface area contributed by atoms with Crippen LogP contribution < -0.4 is 21.8 Å². The van der Waals surface area contributed by atoms with E-state index in [0.717, 1.165) is 23.8 Å². The highest BCUT2D eigenvalue weighted by atomic mass is 19.1. The second-order valence-corrected chi connectivity index (χ2v) is 7.93. The first kappa shape index (κ1) is 24.5. The molecule has 9 heteroatoms. The second kappa shape index (κ2) is 10.5. The van der Waals surface area contributed by atoms with Gasteiger partial charge in [-0.05, 0) is 42.3 Å². The molecule has 0 radical (unpaired) electrons. The van der Waals surface area contributed by atoms with E-state index >= 15 is 0 Å². The zero-order valence-electron chi connectivity index (χ0n) is 18.2. The van der Waals surface area contributed by atoms with Crippen molar-refractivity contribution in [3.8, 4) is 0 Å². The molecule has 0 bridgehead atoms. The number of amides is 2. The monoisotopic (exact) mass is 443 g/mol. The largest absolute Gasteiger partial charge is 0.399 e. The smallest absolute Gasteiger partial charge is 0.247 e. The normalized spacial score (nSPS) is 12.3. The molecule has 2 amide bonds. The van der Waals surface area contributed by atoms with Crippen molar-refractivity contribution < 1.29 is 18.4 Å². The van der Waals surface area contributed by atoms with E-state index < -0.39 is 34.9 Å². The first-order valence-electron chi connectivity index (χ1n) is 9.86. The van der Waals surface area contributed by atoms with Gasteiger partial charge in [0.1, 0.15) is 23.5 Å². The standard InChI is InChI=1S/C23H27F2N5O2/c1-14(28-21(31)11-16-9-18(24)12-19(25)10-16)22(32)29-15(2)30-27-13-23(3,4)17-5-7-20(26)8-6-17/h5-10,12-14,30H,2,11,26H2,1,3-4H3,(H,28,31)(H,29,32)/b27-13+/t14-/m0/s1. The van der Waals surface area contributed by atoms with Crippen LogP contribution in [0.3, 0.4) is 0 Å². The molecular formula is C23H27F2N5O2. The lowest BCUT2D eigenvalue weighted by atomic mass is 9.86. The van der Waals surface area contributed by atoms with Crippen LogP contribution in [0, 0.1) is 11.6 Å². The molecule has 0 spiro atoms. The summed E-state index contributed by atoms with van der Waals surface area (Å²) in [6, 6.07) is 9.34. The Balaban J connectivity index is 1.83. The first-order chi connectivity index (χ1) is 15.0. The minimum atomic E-state index is -0.908. The lowest BCUT2D eigenvalue weighted by Crippen LogP contribution is -2.46. The summed E-state index contributed by atoms with van der Waals surface area (Å²) in [6.07, 6.45) is 1.40. The van der Waals surface area contributed by atoms with Gasteiger partial charge in [0.2, 0.25) is 11.8 Å². The Labute approximate surface area is 185 Å². The summed E-state index contributed by atoms with van der Waals surface area (Å²) in [5.74, 6) is -2.52. The molecule has 7 nitrogen and oxygen atoms in total. The molecule has 2 aromatic carbocycles. The quantitative estimate of drug-likeness (QED) is 0.271. The zero-order valence-corrected chi connectivity index (χ0v) is 18.2. The third-order valence-electron chi connectivity index (χ3n) is 4.57. The van der Waals surface area contributed by atoms with Crippen LogP contribution in [-0.4, -0.2) is 24.1 Å². The summed E-state index contributed by atoms with van der Waals surface area (Å²) >= 11 is 0. The van der Waals surface area contributed by atoms with Gasteiger partial charge in [-0.3, -0.25) is 15.0 Å². The van der Waals surface area contributed by atoms with Crippen molar-refractivity contribution in [3.63, 3.8) is 0 Å². The summed E-state index contributed by atoms with van der Waals surface area (Å²) in [5.41, 5.74) is 9.77. The number of benzene rings is 2. The number of nitrogens with two attached hydrogens (primary N) is 1. The van der Waals surface area contributed by atoms with Gasteiger partial charge in [-0.1, -0.05) is 32.6 Å². The lowest BCUT2D eigenvalue weighted by molar-refractivity contribution is -0.127. The zero-order chi connectivity index (χ0) is 23.9. The number of halogens is 2. The topological polar surface area (TPSA) is 109 Å². The Bertz CT molecular complexity index is 999. The van der Waals surface area contributed by atoms with Crippen molar-refractivity contribution in [2.24, 2.45) is 5.10 Å². The second-order valence-electron chi connectivity index (χ2n) is 7.93. The molecule has 0 saturated heterocycles. The third kappa shape index (κ3) is 7.50. The third-order valence-corrected chi connectivity index (χ3v) is 4.57. The fraction of sp³-hybridized carbons (Fsp3) is 0.261. The maximum Gasteiger partial charge on any atom is 0.247 e. The Morgan fingerprint density at radius 1 is 1.16 bits per heavy atom. The highest BCUT2D eigenvalue weighted by molar-refractivity contribution is 5.88. The molecule has 0 heterocycles. The number of nitrogens with one attached hydrogen (secondary N) is 3. The number of nitrogens with zero attached hydrogens (tertiary/aromatic N) is 1. The van der Waals surface area contributed by atoms with E-state index in [0.29, 0.717) is 5.69 Å². The number of nitrogen functional groups attached to an aromatic ring is 1. The van der Waals surface area contributed by atoms with Crippen molar-refractivity contribution in [2.75, 3.05) is 5.73 Å². The van der Waals surface area contributed by atoms with E-state index in [9.17, 15) is 18.4 Å². The Morgan fingerprint density at radius 2 is 1.75 bits per heavy atom. The Kier molecular flexibility index (Phi) is 8.06. The number of hydrazone groups is 1. The highest BCUT2D eigenvalue weighted by Crippen LogP contribution is 2.21. The molecule has 1 atom stereocenters. The molecule has 2 rings (SSSR count). The van der Waals surface area contributed by atoms with Crippen LogP contribution in [0.25, 0.3) is 0 Å². The van der Waals surface area contributed by atoms with E-state index in [-0.39, 0.29) is 17.8 Å². The van der Waals surface area contributed by atoms with E-state index in [1.54, 1.807) is 18.3 Å². The van der Waals surface area contributed by atoms with Gasteiger partial charge >= 0.3 is 0 Å². The van der Waals surface area contributed by atoms with Gasteiger partial charge in [0.25, 0.3) is 0 Å². The van der Waals surface area contributed by atoms with Gasteiger partial charge in [-0.25, -0.2) is 8.78 Å². The van der Waals surface area contributed by atoms with E-state index in [2.05, 4.69) is 27.7 Å². The summed E-state index contributed by atoms with van der Waals surface area (Å²) in [6.45, 7) is 9.08. The maximum absolute atomic E-state index is 13.2. The van der Waals surface area contributed by atoms with Crippen molar-refractivity contribution >= 4 is 23.7 Å². The van der Waals surface area contributed by atoms with Crippen molar-refractivity contribution in [3.05, 3.63) is 77.6 Å². The number of anilines is 1. The van der Waals surface area contributed by atoms with Gasteiger partial charge < -0.3 is 16.4 Å². The Morgan fingerprint density at radius 3 is 2.34 bits per heavy atom.